The molecule has 1 aromatic carbocycles. The van der Waals surface area contributed by atoms with Crippen molar-refractivity contribution in [3.63, 3.8) is 0 Å². The molecule has 1 saturated heterocycles. The van der Waals surface area contributed by atoms with E-state index in [-0.39, 0.29) is 29.9 Å². The predicted octanol–water partition coefficient (Wildman–Crippen LogP) is 2.07. The lowest BCUT2D eigenvalue weighted by Gasteiger charge is -2.31. The van der Waals surface area contributed by atoms with Crippen molar-refractivity contribution in [3.8, 4) is 0 Å². The Balaban J connectivity index is 1.61. The van der Waals surface area contributed by atoms with Crippen LogP contribution in [-0.2, 0) is 20.9 Å². The van der Waals surface area contributed by atoms with E-state index in [1.165, 1.54) is 4.68 Å². The molecule has 1 amide bonds. The summed E-state index contributed by atoms with van der Waals surface area (Å²) in [7, 11) is 0. The summed E-state index contributed by atoms with van der Waals surface area (Å²) >= 11 is 0. The highest BCUT2D eigenvalue weighted by molar-refractivity contribution is 5.87. The summed E-state index contributed by atoms with van der Waals surface area (Å²) in [6.45, 7) is 6.67. The topological polar surface area (TPSA) is 85.9 Å². The van der Waals surface area contributed by atoms with Crippen molar-refractivity contribution in [2.45, 2.75) is 40.2 Å². The van der Waals surface area contributed by atoms with Crippen LogP contribution in [0.2, 0.25) is 0 Å². The summed E-state index contributed by atoms with van der Waals surface area (Å²) in [6.07, 6.45) is 1.45. The average molecular weight is 410 g/mol. The fourth-order valence-electron chi connectivity index (χ4n) is 4.23. The van der Waals surface area contributed by atoms with Crippen LogP contribution in [0, 0.1) is 19.8 Å². The Kier molecular flexibility index (Phi) is 5.32. The van der Waals surface area contributed by atoms with E-state index >= 15 is 0 Å². The Bertz CT molecular complexity index is 1190. The van der Waals surface area contributed by atoms with E-state index in [0.717, 1.165) is 22.9 Å². The third-order valence-corrected chi connectivity index (χ3v) is 5.68. The lowest BCUT2D eigenvalue weighted by Crippen LogP contribution is -2.45. The molecule has 1 aliphatic rings. The molecular weight excluding hydrogens is 384 g/mol. The molecule has 0 bridgehead atoms. The molecule has 0 saturated carbocycles. The van der Waals surface area contributed by atoms with Gasteiger partial charge in [-0.2, -0.15) is 5.10 Å². The maximum Gasteiger partial charge on any atom is 0.310 e. The van der Waals surface area contributed by atoms with Crippen LogP contribution in [0.1, 0.15) is 31.2 Å². The Morgan fingerprint density at radius 3 is 2.77 bits per heavy atom. The number of rotatable bonds is 4. The van der Waals surface area contributed by atoms with E-state index in [2.05, 4.69) is 5.10 Å². The Morgan fingerprint density at radius 1 is 1.20 bits per heavy atom. The van der Waals surface area contributed by atoms with Crippen molar-refractivity contribution in [1.82, 2.24) is 19.1 Å². The number of nitrogens with zero attached hydrogens (tertiary/aromatic N) is 4. The van der Waals surface area contributed by atoms with Crippen molar-refractivity contribution < 1.29 is 14.3 Å². The first-order valence-electron chi connectivity index (χ1n) is 10.3. The molecule has 8 heteroatoms. The molecule has 4 rings (SSSR count). The predicted molar refractivity (Wildman–Crippen MR) is 112 cm³/mol. The van der Waals surface area contributed by atoms with Gasteiger partial charge in [0.1, 0.15) is 17.9 Å². The van der Waals surface area contributed by atoms with Crippen molar-refractivity contribution in [3.05, 3.63) is 46.0 Å². The highest BCUT2D eigenvalue weighted by Gasteiger charge is 2.29. The molecule has 0 spiro atoms. The minimum absolute atomic E-state index is 0.147. The lowest BCUT2D eigenvalue weighted by atomic mass is 9.98. The number of piperidine rings is 1. The van der Waals surface area contributed by atoms with E-state index in [1.807, 2.05) is 42.5 Å². The van der Waals surface area contributed by atoms with Gasteiger partial charge in [-0.25, -0.2) is 4.68 Å². The SMILES string of the molecule is CCOC(=O)C1CCCN(C(=O)Cn2nc(C)n3c(cc4cc(C)ccc43)c2=O)C1. The highest BCUT2D eigenvalue weighted by atomic mass is 16.5. The fourth-order valence-corrected chi connectivity index (χ4v) is 4.23. The number of benzene rings is 1. The second kappa shape index (κ2) is 7.93. The number of carbonyl (C=O) groups excluding carboxylic acids is 2. The summed E-state index contributed by atoms with van der Waals surface area (Å²) in [6, 6.07) is 7.85. The van der Waals surface area contributed by atoms with E-state index in [4.69, 9.17) is 4.74 Å². The molecule has 1 atom stereocenters. The summed E-state index contributed by atoms with van der Waals surface area (Å²) < 4.78 is 8.16. The second-order valence-electron chi connectivity index (χ2n) is 7.87. The molecule has 0 radical (unpaired) electrons. The number of hydrogen-bond acceptors (Lipinski definition) is 5. The van der Waals surface area contributed by atoms with Gasteiger partial charge in [-0.3, -0.25) is 18.8 Å². The highest BCUT2D eigenvalue weighted by Crippen LogP contribution is 2.21. The van der Waals surface area contributed by atoms with E-state index in [1.54, 1.807) is 11.8 Å². The smallest absolute Gasteiger partial charge is 0.310 e. The number of likely N-dealkylation sites (tertiary alicyclic amines) is 1. The minimum Gasteiger partial charge on any atom is -0.466 e. The van der Waals surface area contributed by atoms with Gasteiger partial charge >= 0.3 is 5.97 Å². The Labute approximate surface area is 174 Å². The molecule has 3 heterocycles. The molecule has 1 aliphatic heterocycles. The molecule has 1 unspecified atom stereocenters. The zero-order chi connectivity index (χ0) is 21.4. The van der Waals surface area contributed by atoms with Crippen LogP contribution in [0.4, 0.5) is 0 Å². The standard InChI is InChI=1S/C22H26N4O4/c1-4-30-22(29)16-6-5-9-24(12-16)20(27)13-25-21(28)19-11-17-10-14(2)7-8-18(17)26(19)15(3)23-25/h7-8,10-11,16H,4-6,9,12-13H2,1-3H3. The molecule has 2 aromatic heterocycles. The maximum absolute atomic E-state index is 13.0. The molecule has 3 aromatic rings. The first kappa shape index (κ1) is 20.1. The monoisotopic (exact) mass is 410 g/mol. The molecular formula is C22H26N4O4. The quantitative estimate of drug-likeness (QED) is 0.615. The zero-order valence-electron chi connectivity index (χ0n) is 17.6. The van der Waals surface area contributed by atoms with Crippen molar-refractivity contribution in [1.29, 1.82) is 0 Å². The van der Waals surface area contributed by atoms with Gasteiger partial charge < -0.3 is 9.64 Å². The number of carbonyl (C=O) groups is 2. The van der Waals surface area contributed by atoms with Gasteiger partial charge in [0.05, 0.1) is 18.0 Å². The fraction of sp³-hybridized carbons (Fsp3) is 0.455. The van der Waals surface area contributed by atoms with Crippen LogP contribution in [0.3, 0.4) is 0 Å². The van der Waals surface area contributed by atoms with Crippen LogP contribution >= 0.6 is 0 Å². The molecule has 8 nitrogen and oxygen atoms in total. The molecule has 0 N–H and O–H groups in total. The number of amides is 1. The number of fused-ring (bicyclic) bond motifs is 3. The van der Waals surface area contributed by atoms with Gasteiger partial charge in [-0.15, -0.1) is 0 Å². The normalized spacial score (nSPS) is 16.9. The van der Waals surface area contributed by atoms with Gasteiger partial charge in [0.2, 0.25) is 5.91 Å². The maximum atomic E-state index is 13.0. The Hall–Kier alpha value is -3.16. The summed E-state index contributed by atoms with van der Waals surface area (Å²) in [5.74, 6) is -0.151. The Morgan fingerprint density at radius 2 is 2.00 bits per heavy atom. The van der Waals surface area contributed by atoms with E-state index in [9.17, 15) is 14.4 Å². The second-order valence-corrected chi connectivity index (χ2v) is 7.87. The van der Waals surface area contributed by atoms with Gasteiger partial charge in [0.25, 0.3) is 5.56 Å². The van der Waals surface area contributed by atoms with Gasteiger partial charge in [0.15, 0.2) is 0 Å². The van der Waals surface area contributed by atoms with Crippen LogP contribution in [0.5, 0.6) is 0 Å². The molecule has 158 valence electrons. The average Bonchev–Trinajstić information content (AvgIpc) is 3.11. The third kappa shape index (κ3) is 3.58. The molecule has 30 heavy (non-hydrogen) atoms. The molecule has 1 fully saturated rings. The number of hydrogen-bond donors (Lipinski definition) is 0. The van der Waals surface area contributed by atoms with Gasteiger partial charge in [-0.05, 0) is 51.8 Å². The van der Waals surface area contributed by atoms with E-state index in [0.29, 0.717) is 37.5 Å². The van der Waals surface area contributed by atoms with E-state index < -0.39 is 0 Å². The number of aromatic nitrogens is 3. The number of aryl methyl sites for hydroxylation is 2. The largest absolute Gasteiger partial charge is 0.466 e. The summed E-state index contributed by atoms with van der Waals surface area (Å²) in [5.41, 5.74) is 2.23. The number of esters is 1. The van der Waals surface area contributed by atoms with Gasteiger partial charge in [0, 0.05) is 18.5 Å². The van der Waals surface area contributed by atoms with Crippen molar-refractivity contribution >= 4 is 28.3 Å². The zero-order valence-corrected chi connectivity index (χ0v) is 17.6. The first-order chi connectivity index (χ1) is 14.4. The van der Waals surface area contributed by atoms with Crippen LogP contribution < -0.4 is 5.56 Å². The van der Waals surface area contributed by atoms with Crippen LogP contribution in [0.25, 0.3) is 16.4 Å². The summed E-state index contributed by atoms with van der Waals surface area (Å²) in [4.78, 5) is 39.6. The minimum atomic E-state index is -0.310. The first-order valence-corrected chi connectivity index (χ1v) is 10.3. The van der Waals surface area contributed by atoms with Crippen LogP contribution in [0.15, 0.2) is 29.1 Å². The van der Waals surface area contributed by atoms with Crippen molar-refractivity contribution in [2.75, 3.05) is 19.7 Å². The third-order valence-electron chi connectivity index (χ3n) is 5.68. The van der Waals surface area contributed by atoms with Crippen LogP contribution in [-0.4, -0.2) is 50.7 Å². The molecule has 0 aliphatic carbocycles. The van der Waals surface area contributed by atoms with Gasteiger partial charge in [-0.1, -0.05) is 11.6 Å². The summed E-state index contributed by atoms with van der Waals surface area (Å²) in [5, 5.41) is 5.36. The van der Waals surface area contributed by atoms with Crippen molar-refractivity contribution in [2.24, 2.45) is 5.92 Å². The number of ether oxygens (including phenoxy) is 1. The lowest BCUT2D eigenvalue weighted by molar-refractivity contribution is -0.151.